The van der Waals surface area contributed by atoms with Crippen LogP contribution in [-0.2, 0) is 4.79 Å². The summed E-state index contributed by atoms with van der Waals surface area (Å²) in [6.07, 6.45) is 8.35. The Morgan fingerprint density at radius 1 is 1.35 bits per heavy atom. The van der Waals surface area contributed by atoms with E-state index in [-0.39, 0.29) is 11.3 Å². The second-order valence-electron chi connectivity index (χ2n) is 8.63. The number of hydrogen-bond donors (Lipinski definition) is 1. The van der Waals surface area contributed by atoms with E-state index in [2.05, 4.69) is 26.8 Å². The fourth-order valence-corrected chi connectivity index (χ4v) is 6.31. The second kappa shape index (κ2) is 3.69. The quantitative estimate of drug-likeness (QED) is 0.769. The lowest BCUT2D eigenvalue weighted by atomic mass is 9.42. The summed E-state index contributed by atoms with van der Waals surface area (Å²) in [5.74, 6) is 3.64. The van der Waals surface area contributed by atoms with Crippen molar-refractivity contribution < 1.29 is 4.79 Å². The normalized spacial score (nSPS) is 51.5. The van der Waals surface area contributed by atoms with Crippen molar-refractivity contribution in [3.63, 3.8) is 0 Å². The summed E-state index contributed by atoms with van der Waals surface area (Å²) in [5.41, 5.74) is 7.56. The summed E-state index contributed by atoms with van der Waals surface area (Å²) in [6, 6.07) is 0. The topological polar surface area (TPSA) is 43.1 Å². The Morgan fingerprint density at radius 3 is 2.65 bits per heavy atom. The maximum Gasteiger partial charge on any atom is 0.227 e. The molecule has 5 aliphatic carbocycles. The Balaban J connectivity index is 1.67. The second-order valence-corrected chi connectivity index (χ2v) is 8.63. The first-order valence-corrected chi connectivity index (χ1v) is 8.38. The molecule has 0 aromatic carbocycles. The highest BCUT2D eigenvalue weighted by Crippen LogP contribution is 2.67. The Bertz CT molecular complexity index is 506. The molecule has 2 N–H and O–H groups in total. The van der Waals surface area contributed by atoms with Crippen LogP contribution in [0, 0.1) is 40.4 Å². The van der Waals surface area contributed by atoms with Crippen molar-refractivity contribution in [2.24, 2.45) is 46.2 Å². The summed E-state index contributed by atoms with van der Waals surface area (Å²) in [7, 11) is 0. The van der Waals surface area contributed by atoms with Gasteiger partial charge < -0.3 is 5.73 Å². The van der Waals surface area contributed by atoms with Gasteiger partial charge in [0.15, 0.2) is 0 Å². The van der Waals surface area contributed by atoms with Crippen molar-refractivity contribution >= 4 is 5.91 Å². The first-order chi connectivity index (χ1) is 9.36. The van der Waals surface area contributed by atoms with Gasteiger partial charge in [-0.05, 0) is 67.1 Å². The smallest absolute Gasteiger partial charge is 0.227 e. The van der Waals surface area contributed by atoms with Gasteiger partial charge in [-0.25, -0.2) is 0 Å². The van der Waals surface area contributed by atoms with E-state index in [0.717, 1.165) is 30.6 Å². The SMILES string of the molecule is C[C@@H]1[C@@H](C2=CC3CCC2(C(N)=O)C3)C[C@H]2C[C@@H]1C2(C)C. The van der Waals surface area contributed by atoms with E-state index in [9.17, 15) is 4.79 Å². The fourth-order valence-electron chi connectivity index (χ4n) is 6.31. The number of fused-ring (bicyclic) bond motifs is 4. The number of carbonyl (C=O) groups excluding carboxylic acids is 1. The molecule has 0 saturated heterocycles. The summed E-state index contributed by atoms with van der Waals surface area (Å²) in [5, 5.41) is 0. The minimum atomic E-state index is -0.252. The predicted octanol–water partition coefficient (Wildman–Crippen LogP) is 3.52. The average molecular weight is 273 g/mol. The highest BCUT2D eigenvalue weighted by Gasteiger charge is 2.60. The lowest BCUT2D eigenvalue weighted by Gasteiger charge is -2.63. The molecule has 110 valence electrons. The molecule has 1 amide bonds. The van der Waals surface area contributed by atoms with E-state index >= 15 is 0 Å². The molecule has 6 atom stereocenters. The van der Waals surface area contributed by atoms with Crippen molar-refractivity contribution in [1.29, 1.82) is 0 Å². The molecule has 4 saturated carbocycles. The Hall–Kier alpha value is -0.790. The van der Waals surface area contributed by atoms with Crippen molar-refractivity contribution in [1.82, 2.24) is 0 Å². The molecule has 2 nitrogen and oxygen atoms in total. The molecule has 4 fully saturated rings. The summed E-state index contributed by atoms with van der Waals surface area (Å²) in [4.78, 5) is 12.1. The zero-order valence-electron chi connectivity index (χ0n) is 13.0. The van der Waals surface area contributed by atoms with Gasteiger partial charge in [-0.1, -0.05) is 32.4 Å². The monoisotopic (exact) mass is 273 g/mol. The number of nitrogens with two attached hydrogens (primary N) is 1. The molecule has 0 heterocycles. The molecule has 0 aromatic rings. The van der Waals surface area contributed by atoms with E-state index in [1.807, 2.05) is 0 Å². The minimum Gasteiger partial charge on any atom is -0.369 e. The van der Waals surface area contributed by atoms with Gasteiger partial charge in [0.05, 0.1) is 5.41 Å². The Morgan fingerprint density at radius 2 is 2.10 bits per heavy atom. The van der Waals surface area contributed by atoms with Gasteiger partial charge in [0.1, 0.15) is 0 Å². The number of allylic oxidation sites excluding steroid dienone is 1. The lowest BCUT2D eigenvalue weighted by molar-refractivity contribution is -0.132. The van der Waals surface area contributed by atoms with Crippen LogP contribution in [0.25, 0.3) is 0 Å². The highest BCUT2D eigenvalue weighted by atomic mass is 16.1. The van der Waals surface area contributed by atoms with Gasteiger partial charge in [0, 0.05) is 0 Å². The lowest BCUT2D eigenvalue weighted by Crippen LogP contribution is -2.56. The third kappa shape index (κ3) is 1.33. The number of hydrogen-bond acceptors (Lipinski definition) is 1. The first-order valence-electron chi connectivity index (χ1n) is 8.38. The maximum absolute atomic E-state index is 12.1. The molecule has 4 bridgehead atoms. The van der Waals surface area contributed by atoms with E-state index in [1.54, 1.807) is 0 Å². The molecule has 5 rings (SSSR count). The number of carbonyl (C=O) groups is 1. The predicted molar refractivity (Wildman–Crippen MR) is 79.7 cm³/mol. The van der Waals surface area contributed by atoms with Crippen LogP contribution in [0.5, 0.6) is 0 Å². The average Bonchev–Trinajstić information content (AvgIpc) is 2.97. The van der Waals surface area contributed by atoms with E-state index < -0.39 is 0 Å². The van der Waals surface area contributed by atoms with Crippen molar-refractivity contribution in [3.8, 4) is 0 Å². The van der Waals surface area contributed by atoms with Crippen molar-refractivity contribution in [2.45, 2.75) is 52.9 Å². The molecule has 2 unspecified atom stereocenters. The highest BCUT2D eigenvalue weighted by molar-refractivity contribution is 5.86. The van der Waals surface area contributed by atoms with E-state index in [1.165, 1.54) is 24.8 Å². The van der Waals surface area contributed by atoms with Crippen molar-refractivity contribution in [3.05, 3.63) is 11.6 Å². The van der Waals surface area contributed by atoms with Crippen LogP contribution in [0.15, 0.2) is 11.6 Å². The third-order valence-electron chi connectivity index (χ3n) is 7.75. The summed E-state index contributed by atoms with van der Waals surface area (Å²) >= 11 is 0. The molecular weight excluding hydrogens is 246 g/mol. The van der Waals surface area contributed by atoms with Crippen LogP contribution in [0.2, 0.25) is 0 Å². The van der Waals surface area contributed by atoms with Gasteiger partial charge in [-0.15, -0.1) is 0 Å². The molecule has 0 aliphatic heterocycles. The zero-order chi connectivity index (χ0) is 14.3. The van der Waals surface area contributed by atoms with Crippen LogP contribution < -0.4 is 5.73 Å². The number of rotatable bonds is 2. The molecule has 0 spiro atoms. The standard InChI is InChI=1S/C18H27NO/c1-10-13(7-12-8-14(10)17(12,2)3)15-6-11-4-5-18(15,9-11)16(19)20/h6,10-14H,4-5,7-9H2,1-3H3,(H2,19,20)/t10-,11?,12+,13+,14+,18?/m1/s1. The van der Waals surface area contributed by atoms with Crippen LogP contribution in [0.4, 0.5) is 0 Å². The van der Waals surface area contributed by atoms with Gasteiger partial charge in [0.2, 0.25) is 5.91 Å². The number of primary amides is 1. The maximum atomic E-state index is 12.1. The van der Waals surface area contributed by atoms with Crippen LogP contribution in [0.1, 0.15) is 52.9 Å². The van der Waals surface area contributed by atoms with Gasteiger partial charge >= 0.3 is 0 Å². The molecule has 5 aliphatic rings. The molecule has 0 aromatic heterocycles. The number of amides is 1. The molecule has 20 heavy (non-hydrogen) atoms. The van der Waals surface area contributed by atoms with E-state index in [0.29, 0.717) is 17.3 Å². The van der Waals surface area contributed by atoms with Crippen molar-refractivity contribution in [2.75, 3.05) is 0 Å². The van der Waals surface area contributed by atoms with Gasteiger partial charge in [0.25, 0.3) is 0 Å². The van der Waals surface area contributed by atoms with Crippen LogP contribution in [-0.4, -0.2) is 5.91 Å². The van der Waals surface area contributed by atoms with Crippen LogP contribution in [0.3, 0.4) is 0 Å². The van der Waals surface area contributed by atoms with Crippen LogP contribution >= 0.6 is 0 Å². The third-order valence-corrected chi connectivity index (χ3v) is 7.75. The molecule has 0 radical (unpaired) electrons. The Labute approximate surface area is 122 Å². The molecular formula is C18H27NO. The van der Waals surface area contributed by atoms with E-state index in [4.69, 9.17) is 5.73 Å². The fraction of sp³-hybridized carbons (Fsp3) is 0.833. The summed E-state index contributed by atoms with van der Waals surface area (Å²) < 4.78 is 0. The minimum absolute atomic E-state index is 0.0468. The van der Waals surface area contributed by atoms with Gasteiger partial charge in [-0.2, -0.15) is 0 Å². The Kier molecular flexibility index (Phi) is 2.39. The largest absolute Gasteiger partial charge is 0.369 e. The zero-order valence-corrected chi connectivity index (χ0v) is 13.0. The first kappa shape index (κ1) is 12.9. The molecule has 2 heteroatoms. The summed E-state index contributed by atoms with van der Waals surface area (Å²) in [6.45, 7) is 7.31. The van der Waals surface area contributed by atoms with Gasteiger partial charge in [-0.3, -0.25) is 4.79 Å².